The molecule has 0 fully saturated rings. The molecule has 1 N–H and O–H groups in total. The van der Waals surface area contributed by atoms with Crippen molar-refractivity contribution < 1.29 is 27.5 Å². The highest BCUT2D eigenvalue weighted by atomic mass is 19.4. The number of carboxylic acids is 1. The van der Waals surface area contributed by atoms with Crippen LogP contribution < -0.4 is 0 Å². The fourth-order valence-electron chi connectivity index (χ4n) is 2.30. The van der Waals surface area contributed by atoms with Crippen molar-refractivity contribution in [2.45, 2.75) is 6.18 Å². The lowest BCUT2D eigenvalue weighted by Gasteiger charge is -2.13. The second kappa shape index (κ2) is 5.08. The molecule has 1 heterocycles. The maximum atomic E-state index is 13.7. The summed E-state index contributed by atoms with van der Waals surface area (Å²) in [6.07, 6.45) is -3.43. The number of rotatable bonds is 2. The van der Waals surface area contributed by atoms with Crippen LogP contribution in [-0.4, -0.2) is 20.9 Å². The Kier molecular flexibility index (Phi) is 3.32. The Hall–Kier alpha value is -2.90. The molecule has 3 rings (SSSR count). The Labute approximate surface area is 126 Å². The summed E-state index contributed by atoms with van der Waals surface area (Å²) in [4.78, 5) is 11.0. The molecule has 4 nitrogen and oxygen atoms in total. The first-order valence-electron chi connectivity index (χ1n) is 6.36. The van der Waals surface area contributed by atoms with Crippen LogP contribution in [0.3, 0.4) is 0 Å². The zero-order valence-corrected chi connectivity index (χ0v) is 11.3. The monoisotopic (exact) mass is 324 g/mol. The first-order chi connectivity index (χ1) is 10.8. The third kappa shape index (κ3) is 2.52. The zero-order chi connectivity index (χ0) is 16.8. The lowest BCUT2D eigenvalue weighted by molar-refractivity contribution is -0.137. The lowest BCUT2D eigenvalue weighted by atomic mass is 10.1. The van der Waals surface area contributed by atoms with Crippen LogP contribution >= 0.6 is 0 Å². The molecule has 0 aliphatic carbocycles. The molecule has 3 aromatic rings. The van der Waals surface area contributed by atoms with E-state index in [9.17, 15) is 22.4 Å². The third-order valence-corrected chi connectivity index (χ3v) is 3.32. The van der Waals surface area contributed by atoms with E-state index in [1.165, 1.54) is 24.4 Å². The molecule has 0 atom stereocenters. The highest BCUT2D eigenvalue weighted by Crippen LogP contribution is 2.34. The summed E-state index contributed by atoms with van der Waals surface area (Å²) < 4.78 is 54.0. The van der Waals surface area contributed by atoms with Crippen molar-refractivity contribution in [3.05, 3.63) is 59.5 Å². The number of alkyl halides is 3. The number of fused-ring (bicyclic) bond motifs is 1. The standard InChI is InChI=1S/C15H8F4N2O2/c16-11-5-8-7-20-21(13(8)6-9(11)14(22)23)12-4-2-1-3-10(12)15(17,18)19/h1-7H,(H,22,23). The van der Waals surface area contributed by atoms with Gasteiger partial charge in [0.05, 0.1) is 28.5 Å². The molecule has 0 unspecified atom stereocenters. The summed E-state index contributed by atoms with van der Waals surface area (Å²) in [7, 11) is 0. The Morgan fingerprint density at radius 2 is 1.87 bits per heavy atom. The molecule has 0 saturated carbocycles. The number of para-hydroxylation sites is 1. The average molecular weight is 324 g/mol. The van der Waals surface area contributed by atoms with Crippen LogP contribution in [-0.2, 0) is 6.18 Å². The van der Waals surface area contributed by atoms with Crippen molar-refractivity contribution in [3.63, 3.8) is 0 Å². The first kappa shape index (κ1) is 15.0. The highest BCUT2D eigenvalue weighted by Gasteiger charge is 2.34. The van der Waals surface area contributed by atoms with E-state index in [1.807, 2.05) is 0 Å². The summed E-state index contributed by atoms with van der Waals surface area (Å²) in [6, 6.07) is 6.63. The van der Waals surface area contributed by atoms with E-state index >= 15 is 0 Å². The number of nitrogens with zero attached hydrogens (tertiary/aromatic N) is 2. The summed E-state index contributed by atoms with van der Waals surface area (Å²) in [6.45, 7) is 0. The highest BCUT2D eigenvalue weighted by molar-refractivity contribution is 5.94. The van der Waals surface area contributed by atoms with Crippen LogP contribution in [0.25, 0.3) is 16.6 Å². The third-order valence-electron chi connectivity index (χ3n) is 3.32. The molecule has 2 aromatic carbocycles. The minimum atomic E-state index is -4.61. The largest absolute Gasteiger partial charge is 0.478 e. The minimum absolute atomic E-state index is 0.0699. The fourth-order valence-corrected chi connectivity index (χ4v) is 2.30. The number of benzene rings is 2. The van der Waals surface area contributed by atoms with Gasteiger partial charge < -0.3 is 5.11 Å². The minimum Gasteiger partial charge on any atom is -0.478 e. The molecule has 0 aliphatic rings. The Morgan fingerprint density at radius 3 is 2.52 bits per heavy atom. The van der Waals surface area contributed by atoms with Gasteiger partial charge in [-0.25, -0.2) is 13.9 Å². The molecule has 118 valence electrons. The normalized spacial score (nSPS) is 11.8. The molecule has 8 heteroatoms. The number of carboxylic acid groups (broad SMARTS) is 1. The van der Waals surface area contributed by atoms with Crippen molar-refractivity contribution in [1.82, 2.24) is 9.78 Å². The van der Waals surface area contributed by atoms with Crippen LogP contribution in [0.15, 0.2) is 42.6 Å². The fraction of sp³-hybridized carbons (Fsp3) is 0.0667. The van der Waals surface area contributed by atoms with E-state index in [-0.39, 0.29) is 16.6 Å². The van der Waals surface area contributed by atoms with E-state index in [1.54, 1.807) is 0 Å². The van der Waals surface area contributed by atoms with Crippen molar-refractivity contribution in [2.75, 3.05) is 0 Å². The summed E-state index contributed by atoms with van der Waals surface area (Å²) in [5.41, 5.74) is -1.76. The second-order valence-corrected chi connectivity index (χ2v) is 4.77. The molecule has 0 amide bonds. The molecule has 1 aromatic heterocycles. The van der Waals surface area contributed by atoms with Crippen LogP contribution in [0.2, 0.25) is 0 Å². The SMILES string of the molecule is O=C(O)c1cc2c(cnn2-c2ccccc2C(F)(F)F)cc1F. The van der Waals surface area contributed by atoms with Gasteiger partial charge in [-0.2, -0.15) is 18.3 Å². The van der Waals surface area contributed by atoms with E-state index < -0.39 is 29.1 Å². The van der Waals surface area contributed by atoms with Crippen LogP contribution in [0.4, 0.5) is 17.6 Å². The molecular weight excluding hydrogens is 316 g/mol. The molecule has 0 saturated heterocycles. The summed E-state index contributed by atoms with van der Waals surface area (Å²) in [5.74, 6) is -2.49. The lowest BCUT2D eigenvalue weighted by Crippen LogP contribution is -2.11. The number of carbonyl (C=O) groups is 1. The Morgan fingerprint density at radius 1 is 1.17 bits per heavy atom. The molecule has 0 aliphatic heterocycles. The van der Waals surface area contributed by atoms with Gasteiger partial charge in [-0.15, -0.1) is 0 Å². The van der Waals surface area contributed by atoms with Crippen molar-refractivity contribution >= 4 is 16.9 Å². The van der Waals surface area contributed by atoms with Gasteiger partial charge in [0.15, 0.2) is 0 Å². The maximum absolute atomic E-state index is 13.7. The van der Waals surface area contributed by atoms with Crippen molar-refractivity contribution in [2.24, 2.45) is 0 Å². The number of aromatic carboxylic acids is 1. The molecular formula is C15H8F4N2O2. The summed E-state index contributed by atoms with van der Waals surface area (Å²) in [5, 5.41) is 13.0. The number of halogens is 4. The van der Waals surface area contributed by atoms with E-state index in [0.29, 0.717) is 0 Å². The zero-order valence-electron chi connectivity index (χ0n) is 11.3. The van der Waals surface area contributed by atoms with Crippen molar-refractivity contribution in [3.8, 4) is 5.69 Å². The van der Waals surface area contributed by atoms with Crippen molar-refractivity contribution in [1.29, 1.82) is 0 Å². The smallest absolute Gasteiger partial charge is 0.418 e. The van der Waals surface area contributed by atoms with Crippen LogP contribution in [0, 0.1) is 5.82 Å². The summed E-state index contributed by atoms with van der Waals surface area (Å²) >= 11 is 0. The number of hydrogen-bond donors (Lipinski definition) is 1. The predicted octanol–water partition coefficient (Wildman–Crippen LogP) is 3.88. The molecule has 0 bridgehead atoms. The van der Waals surface area contributed by atoms with E-state index in [0.717, 1.165) is 22.9 Å². The second-order valence-electron chi connectivity index (χ2n) is 4.77. The van der Waals surface area contributed by atoms with Gasteiger partial charge in [0, 0.05) is 5.39 Å². The average Bonchev–Trinajstić information content (AvgIpc) is 2.87. The topological polar surface area (TPSA) is 55.1 Å². The number of hydrogen-bond acceptors (Lipinski definition) is 2. The molecule has 0 spiro atoms. The first-order valence-corrected chi connectivity index (χ1v) is 6.36. The van der Waals surface area contributed by atoms with E-state index in [4.69, 9.17) is 5.11 Å². The number of aromatic nitrogens is 2. The van der Waals surface area contributed by atoms with Gasteiger partial charge in [-0.3, -0.25) is 0 Å². The quantitative estimate of drug-likeness (QED) is 0.728. The van der Waals surface area contributed by atoms with Gasteiger partial charge in [-0.1, -0.05) is 12.1 Å². The van der Waals surface area contributed by atoms with E-state index in [2.05, 4.69) is 5.10 Å². The van der Waals surface area contributed by atoms with Gasteiger partial charge in [0.2, 0.25) is 0 Å². The Balaban J connectivity index is 2.30. The van der Waals surface area contributed by atoms with Gasteiger partial charge in [-0.05, 0) is 24.3 Å². The predicted molar refractivity (Wildman–Crippen MR) is 73.0 cm³/mol. The van der Waals surface area contributed by atoms with Crippen LogP contribution in [0.1, 0.15) is 15.9 Å². The molecule has 23 heavy (non-hydrogen) atoms. The molecule has 0 radical (unpaired) electrons. The van der Waals surface area contributed by atoms with Gasteiger partial charge in [0.1, 0.15) is 5.82 Å². The van der Waals surface area contributed by atoms with Gasteiger partial charge in [0.25, 0.3) is 0 Å². The maximum Gasteiger partial charge on any atom is 0.418 e. The Bertz CT molecular complexity index is 915. The van der Waals surface area contributed by atoms with Gasteiger partial charge >= 0.3 is 12.1 Å². The van der Waals surface area contributed by atoms with Crippen LogP contribution in [0.5, 0.6) is 0 Å².